The van der Waals surface area contributed by atoms with E-state index in [0.717, 1.165) is 17.2 Å². The van der Waals surface area contributed by atoms with Crippen molar-refractivity contribution in [1.82, 2.24) is 0 Å². The van der Waals surface area contributed by atoms with Crippen molar-refractivity contribution in [3.05, 3.63) is 29.8 Å². The fourth-order valence-electron chi connectivity index (χ4n) is 1.96. The number of hydrogen-bond acceptors (Lipinski definition) is 1. The molecule has 15 heavy (non-hydrogen) atoms. The van der Waals surface area contributed by atoms with Crippen molar-refractivity contribution in [2.24, 2.45) is 5.92 Å². The van der Waals surface area contributed by atoms with Crippen molar-refractivity contribution in [2.45, 2.75) is 32.2 Å². The van der Waals surface area contributed by atoms with E-state index >= 15 is 0 Å². The zero-order chi connectivity index (χ0) is 10.7. The molecule has 1 unspecified atom stereocenters. The molecule has 0 aromatic heterocycles. The van der Waals surface area contributed by atoms with E-state index < -0.39 is 0 Å². The summed E-state index contributed by atoms with van der Waals surface area (Å²) in [6.07, 6.45) is 9.31. The smallest absolute Gasteiger partial charge is 0.0354 e. The molecule has 0 bridgehead atoms. The minimum absolute atomic E-state index is 0.623. The maximum Gasteiger partial charge on any atom is 0.0354 e. The minimum Gasteiger partial charge on any atom is -0.382 e. The lowest BCUT2D eigenvalue weighted by Crippen LogP contribution is -2.20. The number of hydrogen-bond donors (Lipinski definition) is 1. The number of benzene rings is 1. The van der Waals surface area contributed by atoms with Gasteiger partial charge in [-0.25, -0.2) is 0 Å². The maximum absolute atomic E-state index is 5.38. The predicted octanol–water partition coefficient (Wildman–Crippen LogP) is 3.27. The Hall–Kier alpha value is -1.42. The van der Waals surface area contributed by atoms with E-state index in [4.69, 9.17) is 6.42 Å². The van der Waals surface area contributed by atoms with Crippen LogP contribution < -0.4 is 5.32 Å². The third-order valence-electron chi connectivity index (χ3n) is 3.01. The average Bonchev–Trinajstić information content (AvgIpc) is 3.10. The monoisotopic (exact) mass is 199 g/mol. The van der Waals surface area contributed by atoms with Crippen molar-refractivity contribution in [3.63, 3.8) is 0 Å². The van der Waals surface area contributed by atoms with Crippen LogP contribution in [0.4, 0.5) is 5.69 Å². The zero-order valence-electron chi connectivity index (χ0n) is 9.16. The number of terminal acetylenes is 1. The molecule has 1 aromatic carbocycles. The Kier molecular flexibility index (Phi) is 2.97. The van der Waals surface area contributed by atoms with Gasteiger partial charge in [0.15, 0.2) is 0 Å². The Labute approximate surface area is 91.9 Å². The number of anilines is 1. The molecule has 1 heteroatoms. The molecule has 78 valence electrons. The third kappa shape index (κ3) is 2.53. The quantitative estimate of drug-likeness (QED) is 0.734. The lowest BCUT2D eigenvalue weighted by atomic mass is 10.1. The van der Waals surface area contributed by atoms with Crippen LogP contribution in [0.25, 0.3) is 0 Å². The molecule has 0 amide bonds. The van der Waals surface area contributed by atoms with Crippen LogP contribution in [0.15, 0.2) is 24.3 Å². The fourth-order valence-corrected chi connectivity index (χ4v) is 1.96. The minimum atomic E-state index is 0.623. The van der Waals surface area contributed by atoms with Crippen LogP contribution in [-0.4, -0.2) is 6.04 Å². The molecule has 0 saturated heterocycles. The third-order valence-corrected chi connectivity index (χ3v) is 3.01. The van der Waals surface area contributed by atoms with Gasteiger partial charge in [-0.1, -0.05) is 18.9 Å². The first-order valence-electron chi connectivity index (χ1n) is 5.66. The van der Waals surface area contributed by atoms with Gasteiger partial charge in [-0.15, -0.1) is 6.42 Å². The van der Waals surface area contributed by atoms with Crippen LogP contribution in [0.2, 0.25) is 0 Å². The largest absolute Gasteiger partial charge is 0.382 e. The molecule has 2 rings (SSSR count). The van der Waals surface area contributed by atoms with Gasteiger partial charge in [0, 0.05) is 17.3 Å². The van der Waals surface area contributed by atoms with E-state index in [9.17, 15) is 0 Å². The van der Waals surface area contributed by atoms with E-state index in [1.54, 1.807) is 0 Å². The molecular formula is C14H17N. The van der Waals surface area contributed by atoms with Crippen molar-refractivity contribution in [2.75, 3.05) is 5.32 Å². The lowest BCUT2D eigenvalue weighted by molar-refractivity contribution is 0.616. The van der Waals surface area contributed by atoms with Crippen LogP contribution in [0.1, 0.15) is 31.7 Å². The number of nitrogens with one attached hydrogen (secondary N) is 1. The Balaban J connectivity index is 2.05. The summed E-state index contributed by atoms with van der Waals surface area (Å²) in [6, 6.07) is 8.73. The van der Waals surface area contributed by atoms with Gasteiger partial charge in [-0.2, -0.15) is 0 Å². The summed E-state index contributed by atoms with van der Waals surface area (Å²) in [7, 11) is 0. The number of rotatable bonds is 4. The second-order valence-electron chi connectivity index (χ2n) is 4.22. The van der Waals surface area contributed by atoms with E-state index in [1.165, 1.54) is 19.3 Å². The molecule has 0 radical (unpaired) electrons. The van der Waals surface area contributed by atoms with Crippen LogP contribution >= 0.6 is 0 Å². The summed E-state index contributed by atoms with van der Waals surface area (Å²) in [5.74, 6) is 3.54. The van der Waals surface area contributed by atoms with Gasteiger partial charge in [0.1, 0.15) is 0 Å². The molecule has 1 aliphatic rings. The van der Waals surface area contributed by atoms with Crippen LogP contribution in [0, 0.1) is 18.3 Å². The van der Waals surface area contributed by atoms with Gasteiger partial charge in [-0.3, -0.25) is 0 Å². The molecule has 1 atom stereocenters. The summed E-state index contributed by atoms with van der Waals surface area (Å²) < 4.78 is 0. The Bertz CT molecular complexity index is 371. The molecular weight excluding hydrogens is 182 g/mol. The topological polar surface area (TPSA) is 12.0 Å². The first-order valence-corrected chi connectivity index (χ1v) is 5.66. The summed E-state index contributed by atoms with van der Waals surface area (Å²) >= 11 is 0. The molecule has 1 nitrogen and oxygen atoms in total. The lowest BCUT2D eigenvalue weighted by Gasteiger charge is -2.17. The molecule has 0 heterocycles. The van der Waals surface area contributed by atoms with E-state index in [1.807, 2.05) is 18.2 Å². The summed E-state index contributed by atoms with van der Waals surface area (Å²) in [4.78, 5) is 0. The highest BCUT2D eigenvalue weighted by Crippen LogP contribution is 2.35. The van der Waals surface area contributed by atoms with Gasteiger partial charge in [0.25, 0.3) is 0 Å². The highest BCUT2D eigenvalue weighted by atomic mass is 14.9. The second kappa shape index (κ2) is 4.40. The standard InChI is InChI=1S/C14H17N/c1-3-11-6-5-7-13(10-11)15-14(4-2)12-8-9-12/h1,5-7,10,12,14-15H,4,8-9H2,2H3. The summed E-state index contributed by atoms with van der Waals surface area (Å²) in [6.45, 7) is 2.24. The predicted molar refractivity (Wildman–Crippen MR) is 64.8 cm³/mol. The Morgan fingerprint density at radius 3 is 2.93 bits per heavy atom. The molecule has 0 aliphatic heterocycles. The SMILES string of the molecule is C#Cc1cccc(NC(CC)C2CC2)c1. The van der Waals surface area contributed by atoms with Gasteiger partial charge in [0.2, 0.25) is 0 Å². The molecule has 1 aromatic rings. The second-order valence-corrected chi connectivity index (χ2v) is 4.22. The van der Waals surface area contributed by atoms with Crippen LogP contribution in [0.5, 0.6) is 0 Å². The summed E-state index contributed by atoms with van der Waals surface area (Å²) in [5.41, 5.74) is 2.11. The maximum atomic E-state index is 5.38. The van der Waals surface area contributed by atoms with Crippen molar-refractivity contribution >= 4 is 5.69 Å². The summed E-state index contributed by atoms with van der Waals surface area (Å²) in [5, 5.41) is 3.57. The van der Waals surface area contributed by atoms with Gasteiger partial charge < -0.3 is 5.32 Å². The highest BCUT2D eigenvalue weighted by molar-refractivity contribution is 5.50. The van der Waals surface area contributed by atoms with Crippen LogP contribution in [-0.2, 0) is 0 Å². The van der Waals surface area contributed by atoms with Gasteiger partial charge in [0.05, 0.1) is 0 Å². The molecule has 1 aliphatic carbocycles. The highest BCUT2D eigenvalue weighted by Gasteiger charge is 2.29. The average molecular weight is 199 g/mol. The first kappa shape index (κ1) is 10.1. The van der Waals surface area contributed by atoms with Crippen molar-refractivity contribution < 1.29 is 0 Å². The van der Waals surface area contributed by atoms with Crippen molar-refractivity contribution in [3.8, 4) is 12.3 Å². The van der Waals surface area contributed by atoms with E-state index in [2.05, 4.69) is 24.2 Å². The Morgan fingerprint density at radius 2 is 2.33 bits per heavy atom. The molecule has 1 fully saturated rings. The van der Waals surface area contributed by atoms with Crippen LogP contribution in [0.3, 0.4) is 0 Å². The molecule has 0 spiro atoms. The van der Waals surface area contributed by atoms with E-state index in [0.29, 0.717) is 6.04 Å². The van der Waals surface area contributed by atoms with E-state index in [-0.39, 0.29) is 0 Å². The van der Waals surface area contributed by atoms with Gasteiger partial charge >= 0.3 is 0 Å². The fraction of sp³-hybridized carbons (Fsp3) is 0.429. The first-order chi connectivity index (χ1) is 7.33. The molecule has 1 saturated carbocycles. The Morgan fingerprint density at radius 1 is 1.53 bits per heavy atom. The molecule has 1 N–H and O–H groups in total. The van der Waals surface area contributed by atoms with Gasteiger partial charge in [-0.05, 0) is 43.4 Å². The zero-order valence-corrected chi connectivity index (χ0v) is 9.16. The normalized spacial score (nSPS) is 16.8. The van der Waals surface area contributed by atoms with Crippen molar-refractivity contribution in [1.29, 1.82) is 0 Å².